The number of hydrogen-bond donors (Lipinski definition) is 0. The van der Waals surface area contributed by atoms with Crippen molar-refractivity contribution in [3.05, 3.63) is 60.4 Å². The van der Waals surface area contributed by atoms with Gasteiger partial charge in [0.1, 0.15) is 5.75 Å². The molecule has 0 N–H and O–H groups in total. The van der Waals surface area contributed by atoms with Gasteiger partial charge in [0.05, 0.1) is 6.61 Å². The third-order valence-electron chi connectivity index (χ3n) is 5.80. The van der Waals surface area contributed by atoms with E-state index in [1.165, 1.54) is 5.39 Å². The Bertz CT molecular complexity index is 1050. The lowest BCUT2D eigenvalue weighted by Gasteiger charge is -2.43. The summed E-state index contributed by atoms with van der Waals surface area (Å²) in [7, 11) is 0. The van der Waals surface area contributed by atoms with Gasteiger partial charge in [0.15, 0.2) is 0 Å². The molecule has 5 heteroatoms. The molecule has 28 heavy (non-hydrogen) atoms. The molecule has 0 aliphatic carbocycles. The van der Waals surface area contributed by atoms with Gasteiger partial charge in [0, 0.05) is 61.8 Å². The van der Waals surface area contributed by atoms with Crippen LogP contribution in [0.2, 0.25) is 0 Å². The van der Waals surface area contributed by atoms with Crippen molar-refractivity contribution in [1.29, 1.82) is 0 Å². The summed E-state index contributed by atoms with van der Waals surface area (Å²) in [5, 5.41) is 2.31. The minimum atomic E-state index is -0.610. The first-order chi connectivity index (χ1) is 13.6. The maximum Gasteiger partial charge on any atom is 0.219 e. The van der Waals surface area contributed by atoms with Gasteiger partial charge in [-0.15, -0.1) is 0 Å². The minimum absolute atomic E-state index is 0.111. The van der Waals surface area contributed by atoms with Gasteiger partial charge >= 0.3 is 0 Å². The van der Waals surface area contributed by atoms with Gasteiger partial charge in [0.25, 0.3) is 0 Å². The Kier molecular flexibility index (Phi) is 4.05. The Morgan fingerprint density at radius 1 is 1.11 bits per heavy atom. The zero-order valence-corrected chi connectivity index (χ0v) is 15.9. The summed E-state index contributed by atoms with van der Waals surface area (Å²) < 4.78 is 12.5. The van der Waals surface area contributed by atoms with Crippen LogP contribution in [0.5, 0.6) is 5.75 Å². The Balaban J connectivity index is 1.43. The van der Waals surface area contributed by atoms with Gasteiger partial charge in [-0.05, 0) is 23.1 Å². The molecule has 142 valence electrons. The third-order valence-corrected chi connectivity index (χ3v) is 5.80. The van der Waals surface area contributed by atoms with E-state index in [-0.39, 0.29) is 5.91 Å². The van der Waals surface area contributed by atoms with E-state index in [0.29, 0.717) is 32.5 Å². The topological polar surface area (TPSA) is 51.7 Å². The number of rotatable bonds is 1. The smallest absolute Gasteiger partial charge is 0.219 e. The second kappa shape index (κ2) is 6.60. The van der Waals surface area contributed by atoms with Crippen LogP contribution in [-0.2, 0) is 16.1 Å². The van der Waals surface area contributed by atoms with E-state index in [4.69, 9.17) is 9.47 Å². The third kappa shape index (κ3) is 2.92. The van der Waals surface area contributed by atoms with Crippen molar-refractivity contribution in [3.8, 4) is 16.9 Å². The van der Waals surface area contributed by atoms with Crippen LogP contribution in [0.1, 0.15) is 25.3 Å². The molecule has 5 rings (SSSR count). The molecule has 5 nitrogen and oxygen atoms in total. The Labute approximate surface area is 163 Å². The Morgan fingerprint density at radius 2 is 1.93 bits per heavy atom. The van der Waals surface area contributed by atoms with Crippen LogP contribution in [-0.4, -0.2) is 34.7 Å². The van der Waals surface area contributed by atoms with Crippen molar-refractivity contribution in [2.24, 2.45) is 0 Å². The quantitative estimate of drug-likeness (QED) is 0.642. The van der Waals surface area contributed by atoms with Gasteiger partial charge < -0.3 is 14.4 Å². The number of nitrogens with zero attached hydrogens (tertiary/aromatic N) is 2. The molecule has 2 aromatic carbocycles. The number of ether oxygens (including phenoxy) is 2. The number of carbonyl (C=O) groups excluding carboxylic acids is 1. The highest BCUT2D eigenvalue weighted by Gasteiger charge is 2.41. The van der Waals surface area contributed by atoms with Gasteiger partial charge in [-0.2, -0.15) is 0 Å². The van der Waals surface area contributed by atoms with Crippen LogP contribution in [0, 0.1) is 0 Å². The number of aromatic nitrogens is 1. The van der Waals surface area contributed by atoms with Crippen LogP contribution in [0.4, 0.5) is 0 Å². The molecule has 3 aromatic rings. The lowest BCUT2D eigenvalue weighted by molar-refractivity contribution is -0.227. The number of hydrogen-bond acceptors (Lipinski definition) is 4. The summed E-state index contributed by atoms with van der Waals surface area (Å²) in [6, 6.07) is 14.5. The summed E-state index contributed by atoms with van der Waals surface area (Å²) >= 11 is 0. The van der Waals surface area contributed by atoms with Crippen LogP contribution in [0.15, 0.2) is 54.9 Å². The van der Waals surface area contributed by atoms with Crippen LogP contribution in [0.25, 0.3) is 21.9 Å². The molecule has 0 unspecified atom stereocenters. The summed E-state index contributed by atoms with van der Waals surface area (Å²) in [6.07, 6.45) is 5.19. The molecule has 1 fully saturated rings. The fraction of sp³-hybridized carbons (Fsp3) is 0.304. The van der Waals surface area contributed by atoms with E-state index in [0.717, 1.165) is 27.8 Å². The second-order valence-electron chi connectivity index (χ2n) is 7.54. The van der Waals surface area contributed by atoms with E-state index < -0.39 is 5.79 Å². The highest BCUT2D eigenvalue weighted by atomic mass is 16.7. The fourth-order valence-corrected chi connectivity index (χ4v) is 4.15. The number of amides is 1. The molecule has 0 saturated carbocycles. The Morgan fingerprint density at radius 3 is 2.75 bits per heavy atom. The zero-order chi connectivity index (χ0) is 19.1. The second-order valence-corrected chi connectivity index (χ2v) is 7.54. The minimum Gasteiger partial charge on any atom is -0.462 e. The first kappa shape index (κ1) is 17.2. The first-order valence-corrected chi connectivity index (χ1v) is 9.68. The lowest BCUT2D eigenvalue weighted by Crippen LogP contribution is -2.52. The SMILES string of the molecule is CC(=O)N1CCC2(CC1)OCc1cc(-c3cncc4ccccc34)ccc1O2. The molecular formula is C23H22N2O3. The summed E-state index contributed by atoms with van der Waals surface area (Å²) in [5.74, 6) is 0.375. The zero-order valence-electron chi connectivity index (χ0n) is 15.9. The molecule has 1 aromatic heterocycles. The van der Waals surface area contributed by atoms with Crippen molar-refractivity contribution in [2.75, 3.05) is 13.1 Å². The van der Waals surface area contributed by atoms with Crippen molar-refractivity contribution >= 4 is 16.7 Å². The predicted molar refractivity (Wildman–Crippen MR) is 107 cm³/mol. The molecule has 2 aliphatic heterocycles. The summed E-state index contributed by atoms with van der Waals surface area (Å²) in [5.41, 5.74) is 3.26. The van der Waals surface area contributed by atoms with E-state index in [1.54, 1.807) is 6.92 Å². The lowest BCUT2D eigenvalue weighted by atomic mass is 9.97. The van der Waals surface area contributed by atoms with Gasteiger partial charge in [-0.1, -0.05) is 30.3 Å². The highest BCUT2D eigenvalue weighted by Crippen LogP contribution is 2.39. The number of piperidine rings is 1. The standard InChI is InChI=1S/C23H22N2O3/c1-16(26)25-10-8-23(9-11-25)27-15-19-12-17(6-7-22(19)28-23)21-14-24-13-18-4-2-3-5-20(18)21/h2-7,12-14H,8-11,15H2,1H3. The van der Waals surface area contributed by atoms with Crippen molar-refractivity contribution in [3.63, 3.8) is 0 Å². The molecule has 1 saturated heterocycles. The van der Waals surface area contributed by atoms with Crippen molar-refractivity contribution < 1.29 is 14.3 Å². The molecule has 3 heterocycles. The van der Waals surface area contributed by atoms with Crippen LogP contribution in [0.3, 0.4) is 0 Å². The number of benzene rings is 2. The van der Waals surface area contributed by atoms with E-state index >= 15 is 0 Å². The summed E-state index contributed by atoms with van der Waals surface area (Å²) in [4.78, 5) is 17.8. The van der Waals surface area contributed by atoms with E-state index in [1.807, 2.05) is 35.5 Å². The molecule has 2 aliphatic rings. The molecular weight excluding hydrogens is 352 g/mol. The number of carbonyl (C=O) groups is 1. The van der Waals surface area contributed by atoms with Crippen LogP contribution < -0.4 is 4.74 Å². The summed E-state index contributed by atoms with van der Waals surface area (Å²) in [6.45, 7) is 3.47. The normalized spacial score (nSPS) is 18.0. The maximum atomic E-state index is 11.6. The Hall–Kier alpha value is -2.92. The van der Waals surface area contributed by atoms with Crippen molar-refractivity contribution in [1.82, 2.24) is 9.88 Å². The molecule has 1 spiro atoms. The van der Waals surface area contributed by atoms with Crippen LogP contribution >= 0.6 is 0 Å². The average Bonchev–Trinajstić information content (AvgIpc) is 2.73. The molecule has 1 amide bonds. The van der Waals surface area contributed by atoms with E-state index in [9.17, 15) is 4.79 Å². The largest absolute Gasteiger partial charge is 0.462 e. The van der Waals surface area contributed by atoms with Crippen molar-refractivity contribution in [2.45, 2.75) is 32.2 Å². The molecule has 0 radical (unpaired) electrons. The average molecular weight is 374 g/mol. The van der Waals surface area contributed by atoms with Gasteiger partial charge in [-0.3, -0.25) is 9.78 Å². The predicted octanol–water partition coefficient (Wildman–Crippen LogP) is 4.15. The van der Waals surface area contributed by atoms with Gasteiger partial charge in [-0.25, -0.2) is 0 Å². The van der Waals surface area contributed by atoms with E-state index in [2.05, 4.69) is 29.2 Å². The number of fused-ring (bicyclic) bond motifs is 2. The first-order valence-electron chi connectivity index (χ1n) is 9.68. The molecule has 0 atom stereocenters. The molecule has 0 bridgehead atoms. The maximum absolute atomic E-state index is 11.6. The number of likely N-dealkylation sites (tertiary alicyclic amines) is 1. The van der Waals surface area contributed by atoms with Gasteiger partial charge in [0.2, 0.25) is 11.7 Å². The fourth-order valence-electron chi connectivity index (χ4n) is 4.15. The highest BCUT2D eigenvalue weighted by molar-refractivity contribution is 5.95. The monoisotopic (exact) mass is 374 g/mol. The number of pyridine rings is 1.